The lowest BCUT2D eigenvalue weighted by molar-refractivity contribution is -0.132. The van der Waals surface area contributed by atoms with Crippen molar-refractivity contribution in [1.29, 1.82) is 0 Å². The van der Waals surface area contributed by atoms with E-state index >= 15 is 0 Å². The maximum absolute atomic E-state index is 11.8. The van der Waals surface area contributed by atoms with Gasteiger partial charge in [0.15, 0.2) is 0 Å². The first-order valence-corrected chi connectivity index (χ1v) is 5.79. The summed E-state index contributed by atoms with van der Waals surface area (Å²) in [6, 6.07) is -0.421. The molecule has 0 saturated carbocycles. The van der Waals surface area contributed by atoms with E-state index in [9.17, 15) is 4.79 Å². The van der Waals surface area contributed by atoms with Crippen molar-refractivity contribution in [2.45, 2.75) is 26.4 Å². The van der Waals surface area contributed by atoms with Crippen molar-refractivity contribution in [2.24, 2.45) is 11.7 Å². The van der Waals surface area contributed by atoms with Gasteiger partial charge in [0.25, 0.3) is 0 Å². The third-order valence-electron chi connectivity index (χ3n) is 2.24. The van der Waals surface area contributed by atoms with Gasteiger partial charge in [-0.15, -0.1) is 36.2 Å². The summed E-state index contributed by atoms with van der Waals surface area (Å²) in [7, 11) is 1.76. The Morgan fingerprint density at radius 2 is 2.12 bits per heavy atom. The van der Waals surface area contributed by atoms with Crippen LogP contribution in [0.2, 0.25) is 0 Å². The van der Waals surface area contributed by atoms with Gasteiger partial charge in [-0.3, -0.25) is 4.79 Å². The quantitative estimate of drug-likeness (QED) is 0.924. The van der Waals surface area contributed by atoms with Gasteiger partial charge in [0.1, 0.15) is 5.01 Å². The Labute approximate surface area is 118 Å². The molecule has 0 fully saturated rings. The maximum atomic E-state index is 11.8. The predicted molar refractivity (Wildman–Crippen MR) is 75.9 cm³/mol. The summed E-state index contributed by atoms with van der Waals surface area (Å²) in [5, 5.41) is 2.83. The second-order valence-corrected chi connectivity index (χ2v) is 4.87. The van der Waals surface area contributed by atoms with E-state index < -0.39 is 6.04 Å². The third kappa shape index (κ3) is 5.68. The summed E-state index contributed by atoms with van der Waals surface area (Å²) >= 11 is 1.54. The van der Waals surface area contributed by atoms with Gasteiger partial charge < -0.3 is 10.6 Å². The highest BCUT2D eigenvalue weighted by atomic mass is 35.5. The molecule has 100 valence electrons. The Hall–Kier alpha value is -0.360. The Kier molecular flexibility index (Phi) is 9.71. The lowest BCUT2D eigenvalue weighted by atomic mass is 10.0. The minimum absolute atomic E-state index is 0. The number of halogens is 2. The van der Waals surface area contributed by atoms with Crippen LogP contribution in [0.5, 0.6) is 0 Å². The van der Waals surface area contributed by atoms with Crippen LogP contribution in [0.25, 0.3) is 0 Å². The van der Waals surface area contributed by atoms with Crippen molar-refractivity contribution in [2.75, 3.05) is 7.05 Å². The van der Waals surface area contributed by atoms with Crippen LogP contribution in [0.15, 0.2) is 11.6 Å². The van der Waals surface area contributed by atoms with Crippen LogP contribution < -0.4 is 5.73 Å². The molecule has 1 rings (SSSR count). The van der Waals surface area contributed by atoms with Crippen molar-refractivity contribution >= 4 is 42.1 Å². The Bertz CT molecular complexity index is 319. The molecule has 17 heavy (non-hydrogen) atoms. The van der Waals surface area contributed by atoms with Crippen LogP contribution in [0.3, 0.4) is 0 Å². The summed E-state index contributed by atoms with van der Waals surface area (Å²) in [4.78, 5) is 17.5. The standard InChI is InChI=1S/C10H17N3OS.2ClH/c1-7(2)9(11)10(14)13(3)6-8-12-4-5-15-8;;/h4-5,7,9H,6,11H2,1-3H3;2*1H/t9-;;/m1../s1. The maximum Gasteiger partial charge on any atom is 0.239 e. The average Bonchev–Trinajstić information content (AvgIpc) is 2.67. The van der Waals surface area contributed by atoms with Crippen LogP contribution in [-0.2, 0) is 11.3 Å². The number of likely N-dealkylation sites (N-methyl/N-ethyl adjacent to an activating group) is 1. The second kappa shape index (κ2) is 8.69. The molecule has 4 nitrogen and oxygen atoms in total. The molecule has 7 heteroatoms. The zero-order valence-corrected chi connectivity index (χ0v) is 12.6. The van der Waals surface area contributed by atoms with Crippen LogP contribution in [-0.4, -0.2) is 28.9 Å². The number of aromatic nitrogens is 1. The van der Waals surface area contributed by atoms with E-state index in [-0.39, 0.29) is 36.6 Å². The van der Waals surface area contributed by atoms with Crippen molar-refractivity contribution in [3.63, 3.8) is 0 Å². The predicted octanol–water partition coefficient (Wildman–Crippen LogP) is 1.93. The van der Waals surface area contributed by atoms with E-state index in [0.717, 1.165) is 5.01 Å². The summed E-state index contributed by atoms with van der Waals surface area (Å²) in [5.41, 5.74) is 5.78. The highest BCUT2D eigenvalue weighted by molar-refractivity contribution is 7.09. The average molecular weight is 300 g/mol. The fourth-order valence-corrected chi connectivity index (χ4v) is 1.82. The van der Waals surface area contributed by atoms with Gasteiger partial charge in [-0.2, -0.15) is 0 Å². The van der Waals surface area contributed by atoms with Gasteiger partial charge in [0.05, 0.1) is 12.6 Å². The summed E-state index contributed by atoms with van der Waals surface area (Å²) in [6.45, 7) is 4.43. The topological polar surface area (TPSA) is 59.2 Å². The molecule has 1 atom stereocenters. The third-order valence-corrected chi connectivity index (χ3v) is 3.00. The number of rotatable bonds is 4. The highest BCUT2D eigenvalue weighted by Crippen LogP contribution is 2.09. The van der Waals surface area contributed by atoms with E-state index in [1.165, 1.54) is 0 Å². The van der Waals surface area contributed by atoms with Crippen LogP contribution in [0.1, 0.15) is 18.9 Å². The molecule has 2 N–H and O–H groups in total. The molecular formula is C10H19Cl2N3OS. The van der Waals surface area contributed by atoms with Crippen molar-refractivity contribution in [3.05, 3.63) is 16.6 Å². The molecule has 0 bridgehead atoms. The van der Waals surface area contributed by atoms with Crippen LogP contribution >= 0.6 is 36.2 Å². The Morgan fingerprint density at radius 1 is 1.53 bits per heavy atom. The molecule has 0 spiro atoms. The van der Waals surface area contributed by atoms with Gasteiger partial charge in [-0.25, -0.2) is 4.98 Å². The number of carbonyl (C=O) groups excluding carboxylic acids is 1. The molecule has 0 radical (unpaired) electrons. The largest absolute Gasteiger partial charge is 0.338 e. The van der Waals surface area contributed by atoms with Gasteiger partial charge >= 0.3 is 0 Å². The molecule has 1 amide bonds. The van der Waals surface area contributed by atoms with Crippen LogP contribution in [0, 0.1) is 5.92 Å². The van der Waals surface area contributed by atoms with E-state index in [1.54, 1.807) is 29.5 Å². The normalized spacial score (nSPS) is 11.4. The number of thiazole rings is 1. The first kappa shape index (κ1) is 19.0. The summed E-state index contributed by atoms with van der Waals surface area (Å²) in [6.07, 6.45) is 1.74. The highest BCUT2D eigenvalue weighted by Gasteiger charge is 2.21. The lowest BCUT2D eigenvalue weighted by Crippen LogP contribution is -2.44. The smallest absolute Gasteiger partial charge is 0.239 e. The number of hydrogen-bond acceptors (Lipinski definition) is 4. The Morgan fingerprint density at radius 3 is 2.53 bits per heavy atom. The van der Waals surface area contributed by atoms with E-state index in [2.05, 4.69) is 4.98 Å². The van der Waals surface area contributed by atoms with Gasteiger partial charge in [-0.1, -0.05) is 13.8 Å². The molecule has 0 aliphatic rings. The number of nitrogens with zero attached hydrogens (tertiary/aromatic N) is 2. The molecule has 0 aliphatic heterocycles. The van der Waals surface area contributed by atoms with Gasteiger partial charge in [0, 0.05) is 18.6 Å². The Balaban J connectivity index is 0. The van der Waals surface area contributed by atoms with E-state index in [4.69, 9.17) is 5.73 Å². The van der Waals surface area contributed by atoms with Crippen molar-refractivity contribution in [1.82, 2.24) is 9.88 Å². The van der Waals surface area contributed by atoms with Crippen molar-refractivity contribution in [3.8, 4) is 0 Å². The summed E-state index contributed by atoms with van der Waals surface area (Å²) in [5.74, 6) is 0.136. The minimum Gasteiger partial charge on any atom is -0.338 e. The van der Waals surface area contributed by atoms with Crippen molar-refractivity contribution < 1.29 is 4.79 Å². The van der Waals surface area contributed by atoms with E-state index in [1.807, 2.05) is 19.2 Å². The minimum atomic E-state index is -0.421. The molecule has 0 saturated heterocycles. The number of amides is 1. The number of hydrogen-bond donors (Lipinski definition) is 1. The fourth-order valence-electron chi connectivity index (χ4n) is 1.15. The zero-order chi connectivity index (χ0) is 11.4. The molecule has 1 aromatic heterocycles. The summed E-state index contributed by atoms with van der Waals surface area (Å²) < 4.78 is 0. The van der Waals surface area contributed by atoms with E-state index in [0.29, 0.717) is 6.54 Å². The SMILES string of the molecule is CC(C)[C@@H](N)C(=O)N(C)Cc1nccs1.Cl.Cl. The van der Waals surface area contributed by atoms with Gasteiger partial charge in [0.2, 0.25) is 5.91 Å². The lowest BCUT2D eigenvalue weighted by Gasteiger charge is -2.22. The first-order valence-electron chi connectivity index (χ1n) is 4.91. The fraction of sp³-hybridized carbons (Fsp3) is 0.600. The zero-order valence-electron chi connectivity index (χ0n) is 10.1. The van der Waals surface area contributed by atoms with Gasteiger partial charge in [-0.05, 0) is 5.92 Å². The number of carbonyl (C=O) groups is 1. The molecule has 0 aliphatic carbocycles. The second-order valence-electron chi connectivity index (χ2n) is 3.89. The molecule has 1 heterocycles. The first-order chi connectivity index (χ1) is 7.02. The van der Waals surface area contributed by atoms with Crippen LogP contribution in [0.4, 0.5) is 0 Å². The number of nitrogens with two attached hydrogens (primary N) is 1. The molecular weight excluding hydrogens is 281 g/mol. The molecule has 0 aromatic carbocycles. The molecule has 0 unspecified atom stereocenters. The monoisotopic (exact) mass is 299 g/mol. The molecule has 1 aromatic rings.